The highest BCUT2D eigenvalue weighted by Gasteiger charge is 2.17. The zero-order valence-electron chi connectivity index (χ0n) is 11.8. The van der Waals surface area contributed by atoms with Gasteiger partial charge < -0.3 is 5.32 Å². The maximum atomic E-state index is 4.86. The molecule has 0 unspecified atom stereocenters. The molecular formula is C14H25N3S. The van der Waals surface area contributed by atoms with Crippen LogP contribution in [0, 0.1) is 0 Å². The van der Waals surface area contributed by atoms with Crippen LogP contribution in [0.15, 0.2) is 0 Å². The number of likely N-dealkylation sites (tertiary alicyclic amines) is 1. The predicted molar refractivity (Wildman–Crippen MR) is 78.1 cm³/mol. The van der Waals surface area contributed by atoms with Gasteiger partial charge in [-0.1, -0.05) is 20.8 Å². The van der Waals surface area contributed by atoms with Crippen molar-refractivity contribution in [1.29, 1.82) is 0 Å². The van der Waals surface area contributed by atoms with Crippen LogP contribution in [0.4, 0.5) is 0 Å². The second kappa shape index (κ2) is 6.64. The van der Waals surface area contributed by atoms with Crippen molar-refractivity contribution in [3.8, 4) is 0 Å². The van der Waals surface area contributed by atoms with Gasteiger partial charge in [0.2, 0.25) is 0 Å². The Hall–Kier alpha value is -0.450. The lowest BCUT2D eigenvalue weighted by Gasteiger charge is -2.11. The third-order valence-corrected chi connectivity index (χ3v) is 4.47. The van der Waals surface area contributed by atoms with Crippen LogP contribution in [0.1, 0.15) is 55.1 Å². The standard InChI is InChI=1S/C14H25N3S/c1-4-15-9-12-14(11(2)3)16-13(18-12)10-17-7-5-6-8-17/h11,15H,4-10H2,1-3H3. The molecule has 0 saturated carbocycles. The molecule has 0 amide bonds. The molecule has 0 aromatic carbocycles. The molecule has 1 aliphatic heterocycles. The third-order valence-electron chi connectivity index (χ3n) is 3.41. The molecule has 102 valence electrons. The molecule has 4 heteroatoms. The fourth-order valence-electron chi connectivity index (χ4n) is 2.43. The highest BCUT2D eigenvalue weighted by Crippen LogP contribution is 2.26. The van der Waals surface area contributed by atoms with E-state index in [9.17, 15) is 0 Å². The molecule has 2 rings (SSSR count). The smallest absolute Gasteiger partial charge is 0.107 e. The van der Waals surface area contributed by atoms with E-state index in [0.29, 0.717) is 5.92 Å². The molecule has 0 aliphatic carbocycles. The van der Waals surface area contributed by atoms with Gasteiger partial charge in [0.25, 0.3) is 0 Å². The van der Waals surface area contributed by atoms with Gasteiger partial charge in [0.1, 0.15) is 5.01 Å². The Labute approximate surface area is 115 Å². The van der Waals surface area contributed by atoms with E-state index in [1.54, 1.807) is 0 Å². The third kappa shape index (κ3) is 3.53. The van der Waals surface area contributed by atoms with Crippen molar-refractivity contribution >= 4 is 11.3 Å². The predicted octanol–water partition coefficient (Wildman–Crippen LogP) is 2.97. The molecule has 1 saturated heterocycles. The number of rotatable bonds is 6. The van der Waals surface area contributed by atoms with Gasteiger partial charge in [-0.25, -0.2) is 4.98 Å². The highest BCUT2D eigenvalue weighted by atomic mass is 32.1. The molecule has 0 radical (unpaired) electrons. The van der Waals surface area contributed by atoms with E-state index in [0.717, 1.165) is 19.6 Å². The normalized spacial score (nSPS) is 16.9. The van der Waals surface area contributed by atoms with Gasteiger partial charge in [0.15, 0.2) is 0 Å². The topological polar surface area (TPSA) is 28.2 Å². The van der Waals surface area contributed by atoms with Crippen LogP contribution in [-0.2, 0) is 13.1 Å². The van der Waals surface area contributed by atoms with Crippen molar-refractivity contribution in [2.75, 3.05) is 19.6 Å². The average Bonchev–Trinajstić information content (AvgIpc) is 2.96. The summed E-state index contributed by atoms with van der Waals surface area (Å²) in [6, 6.07) is 0. The maximum absolute atomic E-state index is 4.86. The molecule has 1 aromatic heterocycles. The Morgan fingerprint density at radius 3 is 2.67 bits per heavy atom. The van der Waals surface area contributed by atoms with Crippen molar-refractivity contribution in [3.63, 3.8) is 0 Å². The van der Waals surface area contributed by atoms with Crippen molar-refractivity contribution in [3.05, 3.63) is 15.6 Å². The first-order chi connectivity index (χ1) is 8.70. The molecule has 3 nitrogen and oxygen atoms in total. The monoisotopic (exact) mass is 267 g/mol. The first-order valence-corrected chi connectivity index (χ1v) is 7.94. The lowest BCUT2D eigenvalue weighted by atomic mass is 10.1. The van der Waals surface area contributed by atoms with Crippen LogP contribution < -0.4 is 5.32 Å². The number of thiazole rings is 1. The van der Waals surface area contributed by atoms with Gasteiger partial charge in [-0.2, -0.15) is 0 Å². The Morgan fingerprint density at radius 1 is 1.33 bits per heavy atom. The number of aromatic nitrogens is 1. The number of nitrogens with one attached hydrogen (secondary N) is 1. The molecular weight excluding hydrogens is 242 g/mol. The van der Waals surface area contributed by atoms with E-state index < -0.39 is 0 Å². The summed E-state index contributed by atoms with van der Waals surface area (Å²) in [7, 11) is 0. The van der Waals surface area contributed by atoms with Gasteiger partial charge in [0, 0.05) is 11.4 Å². The second-order valence-electron chi connectivity index (χ2n) is 5.33. The molecule has 1 N–H and O–H groups in total. The van der Waals surface area contributed by atoms with E-state index >= 15 is 0 Å². The Morgan fingerprint density at radius 2 is 2.06 bits per heavy atom. The van der Waals surface area contributed by atoms with Crippen molar-refractivity contribution in [2.24, 2.45) is 0 Å². The number of hydrogen-bond donors (Lipinski definition) is 1. The van der Waals surface area contributed by atoms with Gasteiger partial charge in [-0.05, 0) is 38.4 Å². The van der Waals surface area contributed by atoms with Crippen molar-refractivity contribution in [1.82, 2.24) is 15.2 Å². The first kappa shape index (κ1) is 14.0. The quantitative estimate of drug-likeness (QED) is 0.859. The lowest BCUT2D eigenvalue weighted by Crippen LogP contribution is -2.18. The number of nitrogens with zero attached hydrogens (tertiary/aromatic N) is 2. The Kier molecular flexibility index (Phi) is 5.15. The molecule has 1 aliphatic rings. The lowest BCUT2D eigenvalue weighted by molar-refractivity contribution is 0.330. The SMILES string of the molecule is CCNCc1sc(CN2CCCC2)nc1C(C)C. The average molecular weight is 267 g/mol. The molecule has 2 heterocycles. The summed E-state index contributed by atoms with van der Waals surface area (Å²) in [6.45, 7) is 12.2. The molecule has 0 spiro atoms. The van der Waals surface area contributed by atoms with E-state index in [1.165, 1.54) is 41.5 Å². The summed E-state index contributed by atoms with van der Waals surface area (Å²) < 4.78 is 0. The maximum Gasteiger partial charge on any atom is 0.107 e. The van der Waals surface area contributed by atoms with E-state index in [2.05, 4.69) is 31.0 Å². The zero-order valence-corrected chi connectivity index (χ0v) is 12.6. The largest absolute Gasteiger partial charge is 0.312 e. The summed E-state index contributed by atoms with van der Waals surface area (Å²) >= 11 is 1.90. The summed E-state index contributed by atoms with van der Waals surface area (Å²) in [5.41, 5.74) is 1.30. The summed E-state index contributed by atoms with van der Waals surface area (Å²) in [4.78, 5) is 8.82. The van der Waals surface area contributed by atoms with Gasteiger partial charge in [0.05, 0.1) is 12.2 Å². The number of hydrogen-bond acceptors (Lipinski definition) is 4. The van der Waals surface area contributed by atoms with E-state index in [1.807, 2.05) is 11.3 Å². The Balaban J connectivity index is 2.05. The van der Waals surface area contributed by atoms with Crippen molar-refractivity contribution < 1.29 is 0 Å². The van der Waals surface area contributed by atoms with Gasteiger partial charge >= 0.3 is 0 Å². The summed E-state index contributed by atoms with van der Waals surface area (Å²) in [5, 5.41) is 4.72. The Bertz CT molecular complexity index is 367. The van der Waals surface area contributed by atoms with Gasteiger partial charge in [-0.15, -0.1) is 11.3 Å². The molecule has 1 fully saturated rings. The van der Waals surface area contributed by atoms with Crippen LogP contribution in [-0.4, -0.2) is 29.5 Å². The van der Waals surface area contributed by atoms with Crippen molar-refractivity contribution in [2.45, 2.75) is 52.6 Å². The summed E-state index contributed by atoms with van der Waals surface area (Å²) in [5.74, 6) is 0.530. The fraction of sp³-hybridized carbons (Fsp3) is 0.786. The van der Waals surface area contributed by atoms with Crippen LogP contribution in [0.2, 0.25) is 0 Å². The summed E-state index contributed by atoms with van der Waals surface area (Å²) in [6.07, 6.45) is 2.71. The minimum absolute atomic E-state index is 0.530. The van der Waals surface area contributed by atoms with Gasteiger partial charge in [-0.3, -0.25) is 4.90 Å². The molecule has 0 bridgehead atoms. The first-order valence-electron chi connectivity index (χ1n) is 7.12. The second-order valence-corrected chi connectivity index (χ2v) is 6.50. The van der Waals surface area contributed by atoms with Crippen LogP contribution in [0.5, 0.6) is 0 Å². The van der Waals surface area contributed by atoms with Crippen LogP contribution in [0.3, 0.4) is 0 Å². The van der Waals surface area contributed by atoms with E-state index in [4.69, 9.17) is 4.98 Å². The fourth-order valence-corrected chi connectivity index (χ4v) is 3.67. The van der Waals surface area contributed by atoms with Crippen LogP contribution >= 0.6 is 11.3 Å². The highest BCUT2D eigenvalue weighted by molar-refractivity contribution is 7.11. The van der Waals surface area contributed by atoms with Crippen LogP contribution in [0.25, 0.3) is 0 Å². The molecule has 1 aromatic rings. The minimum Gasteiger partial charge on any atom is -0.312 e. The minimum atomic E-state index is 0.530. The molecule has 0 atom stereocenters. The van der Waals surface area contributed by atoms with E-state index in [-0.39, 0.29) is 0 Å². The molecule has 18 heavy (non-hydrogen) atoms. The zero-order chi connectivity index (χ0) is 13.0.